The van der Waals surface area contributed by atoms with Gasteiger partial charge in [0.15, 0.2) is 0 Å². The Balaban J connectivity index is 2.01. The number of hydrogen-bond donors (Lipinski definition) is 3. The summed E-state index contributed by atoms with van der Waals surface area (Å²) in [6, 6.07) is 3.13. The summed E-state index contributed by atoms with van der Waals surface area (Å²) in [6.45, 7) is 0. The van der Waals surface area contributed by atoms with Crippen molar-refractivity contribution < 1.29 is 41.4 Å². The van der Waals surface area contributed by atoms with E-state index in [0.717, 1.165) is 12.1 Å². The molecule has 0 heterocycles. The SMILES string of the molecule is NC(=O)c1cc(OC(F)(F)F)ccc1CCC(O)CC(C(N)=O)C1CCC(F)(F)CC1. The number of hydrogen-bond acceptors (Lipinski definition) is 4. The third-order valence-electron chi connectivity index (χ3n) is 5.55. The number of carbonyl (C=O) groups excluding carboxylic acids is 2. The molecule has 0 saturated heterocycles. The van der Waals surface area contributed by atoms with Gasteiger partial charge in [-0.25, -0.2) is 8.78 Å². The van der Waals surface area contributed by atoms with E-state index >= 15 is 0 Å². The van der Waals surface area contributed by atoms with Crippen molar-refractivity contribution in [3.63, 3.8) is 0 Å². The molecule has 2 amide bonds. The number of rotatable bonds is 9. The zero-order valence-corrected chi connectivity index (χ0v) is 16.6. The Morgan fingerprint density at radius 3 is 2.32 bits per heavy atom. The normalized spacial score (nSPS) is 18.9. The second-order valence-corrected chi connectivity index (χ2v) is 7.86. The molecule has 0 radical (unpaired) electrons. The summed E-state index contributed by atoms with van der Waals surface area (Å²) < 4.78 is 67.6. The maximum absolute atomic E-state index is 13.4. The summed E-state index contributed by atoms with van der Waals surface area (Å²) in [5, 5.41) is 10.4. The zero-order chi connectivity index (χ0) is 23.4. The van der Waals surface area contributed by atoms with E-state index in [-0.39, 0.29) is 56.4 Å². The van der Waals surface area contributed by atoms with E-state index < -0.39 is 41.9 Å². The average molecular weight is 452 g/mol. The fourth-order valence-corrected chi connectivity index (χ4v) is 3.94. The highest BCUT2D eigenvalue weighted by atomic mass is 19.4. The Bertz CT molecular complexity index is 790. The second-order valence-electron chi connectivity index (χ2n) is 7.86. The molecule has 5 N–H and O–H groups in total. The van der Waals surface area contributed by atoms with Crippen LogP contribution in [-0.2, 0) is 11.2 Å². The lowest BCUT2D eigenvalue weighted by molar-refractivity contribution is -0.274. The highest BCUT2D eigenvalue weighted by Gasteiger charge is 2.39. The lowest BCUT2D eigenvalue weighted by atomic mass is 9.75. The number of aliphatic hydroxyl groups is 1. The predicted molar refractivity (Wildman–Crippen MR) is 100 cm³/mol. The molecule has 1 aromatic carbocycles. The van der Waals surface area contributed by atoms with Gasteiger partial charge in [-0.2, -0.15) is 0 Å². The van der Waals surface area contributed by atoms with E-state index in [9.17, 15) is 36.6 Å². The molecular weight excluding hydrogens is 427 g/mol. The highest BCUT2D eigenvalue weighted by Crippen LogP contribution is 2.40. The average Bonchev–Trinajstić information content (AvgIpc) is 2.63. The maximum Gasteiger partial charge on any atom is 0.573 e. The summed E-state index contributed by atoms with van der Waals surface area (Å²) >= 11 is 0. The van der Waals surface area contributed by atoms with E-state index in [4.69, 9.17) is 11.5 Å². The van der Waals surface area contributed by atoms with Gasteiger partial charge in [-0.3, -0.25) is 9.59 Å². The molecule has 1 saturated carbocycles. The van der Waals surface area contributed by atoms with Gasteiger partial charge in [0.1, 0.15) is 5.75 Å². The number of aryl methyl sites for hydroxylation is 1. The fourth-order valence-electron chi connectivity index (χ4n) is 3.94. The third kappa shape index (κ3) is 7.64. The summed E-state index contributed by atoms with van der Waals surface area (Å²) in [5.41, 5.74) is 10.8. The van der Waals surface area contributed by atoms with Gasteiger partial charge in [0.2, 0.25) is 17.7 Å². The van der Waals surface area contributed by atoms with Crippen molar-refractivity contribution in [3.8, 4) is 5.75 Å². The van der Waals surface area contributed by atoms with Gasteiger partial charge in [-0.15, -0.1) is 13.2 Å². The number of amides is 2. The Kier molecular flexibility index (Phi) is 7.85. The molecule has 0 aromatic heterocycles. The van der Waals surface area contributed by atoms with E-state index in [1.807, 2.05) is 0 Å². The van der Waals surface area contributed by atoms with Crippen molar-refractivity contribution in [3.05, 3.63) is 29.3 Å². The van der Waals surface area contributed by atoms with Crippen LogP contribution in [0.3, 0.4) is 0 Å². The second kappa shape index (κ2) is 9.80. The smallest absolute Gasteiger partial charge is 0.406 e. The third-order valence-corrected chi connectivity index (χ3v) is 5.55. The van der Waals surface area contributed by atoms with Crippen molar-refractivity contribution in [1.82, 2.24) is 0 Å². The molecule has 2 unspecified atom stereocenters. The molecule has 6 nitrogen and oxygen atoms in total. The highest BCUT2D eigenvalue weighted by molar-refractivity contribution is 5.94. The van der Waals surface area contributed by atoms with Gasteiger partial charge in [0.25, 0.3) is 0 Å². The summed E-state index contributed by atoms with van der Waals surface area (Å²) in [5.74, 6) is -6.13. The maximum atomic E-state index is 13.4. The van der Waals surface area contributed by atoms with E-state index in [2.05, 4.69) is 4.74 Å². The van der Waals surface area contributed by atoms with Crippen LogP contribution in [0, 0.1) is 11.8 Å². The predicted octanol–water partition coefficient (Wildman–Crippen LogP) is 3.29. The van der Waals surface area contributed by atoms with Crippen LogP contribution in [-0.4, -0.2) is 35.3 Å². The van der Waals surface area contributed by atoms with Crippen LogP contribution < -0.4 is 16.2 Å². The number of primary amides is 2. The van der Waals surface area contributed by atoms with Crippen molar-refractivity contribution in [1.29, 1.82) is 0 Å². The first-order valence-electron chi connectivity index (χ1n) is 9.81. The first-order chi connectivity index (χ1) is 14.3. The fraction of sp³-hybridized carbons (Fsp3) is 0.600. The number of aliphatic hydroxyl groups excluding tert-OH is 1. The molecule has 1 fully saturated rings. The number of halogens is 5. The quantitative estimate of drug-likeness (QED) is 0.499. The van der Waals surface area contributed by atoms with Crippen LogP contribution in [0.5, 0.6) is 5.75 Å². The molecule has 31 heavy (non-hydrogen) atoms. The molecule has 2 rings (SSSR count). The van der Waals surface area contributed by atoms with Gasteiger partial charge in [-0.05, 0) is 55.7 Å². The minimum atomic E-state index is -4.93. The first kappa shape index (κ1) is 24.8. The molecule has 1 aliphatic rings. The monoisotopic (exact) mass is 452 g/mol. The Hall–Kier alpha value is -2.43. The number of nitrogens with two attached hydrogens (primary N) is 2. The van der Waals surface area contributed by atoms with Crippen molar-refractivity contribution in [2.75, 3.05) is 0 Å². The molecule has 0 bridgehead atoms. The van der Waals surface area contributed by atoms with Crippen LogP contribution in [0.2, 0.25) is 0 Å². The minimum Gasteiger partial charge on any atom is -0.406 e. The van der Waals surface area contributed by atoms with Crippen LogP contribution in [0.15, 0.2) is 18.2 Å². The molecule has 0 spiro atoms. The Morgan fingerprint density at radius 1 is 1.19 bits per heavy atom. The van der Waals surface area contributed by atoms with Crippen molar-refractivity contribution in [2.45, 2.75) is 63.3 Å². The van der Waals surface area contributed by atoms with Crippen LogP contribution in [0.1, 0.15) is 54.4 Å². The lowest BCUT2D eigenvalue weighted by Crippen LogP contribution is -2.37. The van der Waals surface area contributed by atoms with Crippen LogP contribution >= 0.6 is 0 Å². The van der Waals surface area contributed by atoms with E-state index in [1.165, 1.54) is 6.07 Å². The molecular formula is C20H25F5N2O4. The molecule has 174 valence electrons. The van der Waals surface area contributed by atoms with E-state index in [1.54, 1.807) is 0 Å². The van der Waals surface area contributed by atoms with Gasteiger partial charge in [0.05, 0.1) is 6.10 Å². The van der Waals surface area contributed by atoms with Gasteiger partial charge in [-0.1, -0.05) is 6.07 Å². The molecule has 2 atom stereocenters. The molecule has 11 heteroatoms. The van der Waals surface area contributed by atoms with Crippen molar-refractivity contribution >= 4 is 11.8 Å². The number of carbonyl (C=O) groups is 2. The van der Waals surface area contributed by atoms with Gasteiger partial charge >= 0.3 is 6.36 Å². The van der Waals surface area contributed by atoms with Gasteiger partial charge < -0.3 is 21.3 Å². The van der Waals surface area contributed by atoms with Gasteiger partial charge in [0, 0.05) is 24.3 Å². The molecule has 1 aromatic rings. The van der Waals surface area contributed by atoms with Crippen molar-refractivity contribution in [2.24, 2.45) is 23.3 Å². The summed E-state index contributed by atoms with van der Waals surface area (Å²) in [4.78, 5) is 23.4. The Morgan fingerprint density at radius 2 is 1.81 bits per heavy atom. The molecule has 1 aliphatic carbocycles. The standard InChI is InChI=1S/C20H25F5N2O4/c21-19(22)7-5-12(6-8-19)15(17(26)29)9-13(28)3-1-11-2-4-14(31-20(23,24)25)10-16(11)18(27)30/h2,4,10,12-13,15,28H,1,3,5-9H2,(H2,26,29)(H2,27,30). The summed E-state index contributed by atoms with van der Waals surface area (Å²) in [7, 11) is 0. The number of alkyl halides is 5. The number of benzene rings is 1. The topological polar surface area (TPSA) is 116 Å². The Labute approximate surface area is 175 Å². The zero-order valence-electron chi connectivity index (χ0n) is 16.6. The lowest BCUT2D eigenvalue weighted by Gasteiger charge is -2.33. The van der Waals surface area contributed by atoms with Crippen LogP contribution in [0.25, 0.3) is 0 Å². The molecule has 0 aliphatic heterocycles. The minimum absolute atomic E-state index is 0.0350. The number of ether oxygens (including phenoxy) is 1. The summed E-state index contributed by atoms with van der Waals surface area (Å²) in [6.07, 6.45) is -6.29. The first-order valence-corrected chi connectivity index (χ1v) is 9.81. The van der Waals surface area contributed by atoms with Crippen LogP contribution in [0.4, 0.5) is 22.0 Å². The largest absolute Gasteiger partial charge is 0.573 e. The van der Waals surface area contributed by atoms with E-state index in [0.29, 0.717) is 5.56 Å².